The molecule has 1 aromatic carbocycles. The van der Waals surface area contributed by atoms with E-state index < -0.39 is 0 Å². The number of hydrogen-bond donors (Lipinski definition) is 1. The molecule has 0 spiro atoms. The van der Waals surface area contributed by atoms with Crippen LogP contribution in [0.2, 0.25) is 5.02 Å². The predicted molar refractivity (Wildman–Crippen MR) is 80.4 cm³/mol. The number of thioether (sulfide) groups is 1. The largest absolute Gasteiger partial charge is 0.495 e. The van der Waals surface area contributed by atoms with Gasteiger partial charge in [-0.05, 0) is 18.2 Å². The number of carbonyl (C=O) groups excluding carboxylic acids is 1. The van der Waals surface area contributed by atoms with Crippen LogP contribution in [0.3, 0.4) is 0 Å². The van der Waals surface area contributed by atoms with Crippen molar-refractivity contribution in [3.8, 4) is 5.75 Å². The highest BCUT2D eigenvalue weighted by Crippen LogP contribution is 2.27. The Morgan fingerprint density at radius 2 is 2.21 bits per heavy atom. The van der Waals surface area contributed by atoms with Crippen LogP contribution in [0.25, 0.3) is 0 Å². The van der Waals surface area contributed by atoms with Gasteiger partial charge in [0.05, 0.1) is 19.3 Å². The quantitative estimate of drug-likeness (QED) is 0.927. The van der Waals surface area contributed by atoms with Crippen LogP contribution in [0.5, 0.6) is 5.75 Å². The molecule has 1 aromatic rings. The second-order valence-electron chi connectivity index (χ2n) is 4.19. The van der Waals surface area contributed by atoms with Gasteiger partial charge in [0, 0.05) is 29.6 Å². The molecule has 1 N–H and O–H groups in total. The predicted octanol–water partition coefficient (Wildman–Crippen LogP) is 2.34. The smallest absolute Gasteiger partial charge is 0.241 e. The van der Waals surface area contributed by atoms with Crippen molar-refractivity contribution in [1.29, 1.82) is 0 Å². The van der Waals surface area contributed by atoms with Crippen molar-refractivity contribution >= 4 is 35.0 Å². The van der Waals surface area contributed by atoms with Gasteiger partial charge in [0.25, 0.3) is 0 Å². The summed E-state index contributed by atoms with van der Waals surface area (Å²) < 4.78 is 5.23. The van der Waals surface area contributed by atoms with Crippen molar-refractivity contribution < 1.29 is 9.53 Å². The molecular weight excluding hydrogens is 284 g/mol. The molecule has 0 atom stereocenters. The number of halogens is 1. The Hall–Kier alpha value is -1.07. The van der Waals surface area contributed by atoms with E-state index in [4.69, 9.17) is 16.3 Å². The molecule has 0 aliphatic carbocycles. The first-order valence-corrected chi connectivity index (χ1v) is 7.67. The fourth-order valence-electron chi connectivity index (χ4n) is 1.91. The average molecular weight is 301 g/mol. The molecule has 1 heterocycles. The Morgan fingerprint density at radius 1 is 1.47 bits per heavy atom. The van der Waals surface area contributed by atoms with Crippen molar-refractivity contribution in [1.82, 2.24) is 4.90 Å². The van der Waals surface area contributed by atoms with Gasteiger partial charge in [-0.15, -0.1) is 0 Å². The van der Waals surface area contributed by atoms with Gasteiger partial charge >= 0.3 is 0 Å². The van der Waals surface area contributed by atoms with Gasteiger partial charge in [0.2, 0.25) is 5.91 Å². The van der Waals surface area contributed by atoms with Gasteiger partial charge in [0.15, 0.2) is 0 Å². The minimum Gasteiger partial charge on any atom is -0.495 e. The fourth-order valence-corrected chi connectivity index (χ4v) is 2.99. The maximum Gasteiger partial charge on any atom is 0.241 e. The summed E-state index contributed by atoms with van der Waals surface area (Å²) in [5.74, 6) is 2.84. The zero-order chi connectivity index (χ0) is 13.7. The Kier molecular flexibility index (Phi) is 5.22. The lowest BCUT2D eigenvalue weighted by Gasteiger charge is -2.26. The summed E-state index contributed by atoms with van der Waals surface area (Å²) in [5.41, 5.74) is 0.745. The number of amides is 1. The summed E-state index contributed by atoms with van der Waals surface area (Å²) in [6, 6.07) is 5.31. The van der Waals surface area contributed by atoms with Crippen molar-refractivity contribution in [2.24, 2.45) is 0 Å². The zero-order valence-corrected chi connectivity index (χ0v) is 12.4. The second-order valence-corrected chi connectivity index (χ2v) is 5.85. The monoisotopic (exact) mass is 300 g/mol. The molecule has 0 unspecified atom stereocenters. The van der Waals surface area contributed by atoms with Crippen molar-refractivity contribution in [2.45, 2.75) is 0 Å². The summed E-state index contributed by atoms with van der Waals surface area (Å²) in [7, 11) is 1.60. The third kappa shape index (κ3) is 3.94. The lowest BCUT2D eigenvalue weighted by molar-refractivity contribution is -0.128. The highest BCUT2D eigenvalue weighted by Gasteiger charge is 2.16. The zero-order valence-electron chi connectivity index (χ0n) is 10.8. The van der Waals surface area contributed by atoms with Crippen LogP contribution in [-0.2, 0) is 4.79 Å². The SMILES string of the molecule is COc1ccc(Cl)cc1NCC(=O)N1CCSCC1. The Balaban J connectivity index is 1.94. The van der Waals surface area contributed by atoms with Gasteiger partial charge in [-0.25, -0.2) is 0 Å². The summed E-state index contributed by atoms with van der Waals surface area (Å²) in [6.07, 6.45) is 0. The standard InChI is InChI=1S/C13H17ClN2O2S/c1-18-12-3-2-10(14)8-11(12)15-9-13(17)16-4-6-19-7-5-16/h2-3,8,15H,4-7,9H2,1H3. The summed E-state index contributed by atoms with van der Waals surface area (Å²) in [5, 5.41) is 3.71. The Morgan fingerprint density at radius 3 is 2.89 bits per heavy atom. The van der Waals surface area contributed by atoms with E-state index in [2.05, 4.69) is 5.32 Å². The van der Waals surface area contributed by atoms with Crippen molar-refractivity contribution in [3.05, 3.63) is 23.2 Å². The van der Waals surface area contributed by atoms with E-state index in [9.17, 15) is 4.79 Å². The molecule has 4 nitrogen and oxygen atoms in total. The normalized spacial score (nSPS) is 15.2. The van der Waals surface area contributed by atoms with Crippen LogP contribution in [-0.4, -0.2) is 49.1 Å². The molecule has 1 aliphatic heterocycles. The van der Waals surface area contributed by atoms with Crippen LogP contribution in [0.4, 0.5) is 5.69 Å². The van der Waals surface area contributed by atoms with Crippen molar-refractivity contribution in [2.75, 3.05) is 43.6 Å². The topological polar surface area (TPSA) is 41.6 Å². The number of carbonyl (C=O) groups is 1. The minimum absolute atomic E-state index is 0.113. The molecule has 1 aliphatic rings. The fraction of sp³-hybridized carbons (Fsp3) is 0.462. The summed E-state index contributed by atoms with van der Waals surface area (Å²) in [4.78, 5) is 13.9. The van der Waals surface area contributed by atoms with Gasteiger partial charge in [-0.3, -0.25) is 4.79 Å². The number of hydrogen-bond acceptors (Lipinski definition) is 4. The van der Waals surface area contributed by atoms with Gasteiger partial charge in [0.1, 0.15) is 5.75 Å². The number of rotatable bonds is 4. The van der Waals surface area contributed by atoms with E-state index in [-0.39, 0.29) is 12.5 Å². The molecule has 1 saturated heterocycles. The third-order valence-electron chi connectivity index (χ3n) is 2.96. The molecule has 19 heavy (non-hydrogen) atoms. The first-order chi connectivity index (χ1) is 9.20. The molecule has 0 bridgehead atoms. The lowest BCUT2D eigenvalue weighted by Crippen LogP contribution is -2.41. The van der Waals surface area contributed by atoms with Gasteiger partial charge in [-0.1, -0.05) is 11.6 Å². The molecule has 2 rings (SSSR count). The van der Waals surface area contributed by atoms with Crippen LogP contribution < -0.4 is 10.1 Å². The van der Waals surface area contributed by atoms with Crippen LogP contribution in [0.15, 0.2) is 18.2 Å². The second kappa shape index (κ2) is 6.91. The molecule has 6 heteroatoms. The Bertz CT molecular complexity index is 450. The average Bonchev–Trinajstić information content (AvgIpc) is 2.46. The number of anilines is 1. The number of methoxy groups -OCH3 is 1. The summed E-state index contributed by atoms with van der Waals surface area (Å²) in [6.45, 7) is 1.93. The molecule has 0 radical (unpaired) electrons. The lowest BCUT2D eigenvalue weighted by atomic mass is 10.3. The molecule has 0 saturated carbocycles. The van der Waals surface area contributed by atoms with Crippen molar-refractivity contribution in [3.63, 3.8) is 0 Å². The van der Waals surface area contributed by atoms with E-state index in [0.29, 0.717) is 10.8 Å². The maximum absolute atomic E-state index is 12.0. The number of nitrogens with one attached hydrogen (secondary N) is 1. The van der Waals surface area contributed by atoms with Crippen LogP contribution in [0, 0.1) is 0 Å². The number of benzene rings is 1. The number of ether oxygens (including phenoxy) is 1. The van der Waals surface area contributed by atoms with Crippen LogP contribution >= 0.6 is 23.4 Å². The van der Waals surface area contributed by atoms with E-state index in [1.807, 2.05) is 16.7 Å². The highest BCUT2D eigenvalue weighted by atomic mass is 35.5. The summed E-state index contributed by atoms with van der Waals surface area (Å²) >= 11 is 7.83. The van der Waals surface area contributed by atoms with E-state index in [0.717, 1.165) is 30.3 Å². The Labute approximate surface area is 122 Å². The van der Waals surface area contributed by atoms with E-state index in [1.54, 1.807) is 25.3 Å². The minimum atomic E-state index is 0.113. The number of nitrogens with zero attached hydrogens (tertiary/aromatic N) is 1. The molecule has 1 amide bonds. The van der Waals surface area contributed by atoms with Crippen LogP contribution in [0.1, 0.15) is 0 Å². The van der Waals surface area contributed by atoms with Gasteiger partial charge < -0.3 is 15.0 Å². The maximum atomic E-state index is 12.0. The van der Waals surface area contributed by atoms with Gasteiger partial charge in [-0.2, -0.15) is 11.8 Å². The molecule has 0 aromatic heterocycles. The highest BCUT2D eigenvalue weighted by molar-refractivity contribution is 7.99. The molecule has 104 valence electrons. The van der Waals surface area contributed by atoms with E-state index >= 15 is 0 Å². The first-order valence-electron chi connectivity index (χ1n) is 6.13. The van der Waals surface area contributed by atoms with E-state index in [1.165, 1.54) is 0 Å². The first kappa shape index (κ1) is 14.3. The molecule has 1 fully saturated rings. The molecular formula is C13H17ClN2O2S. The third-order valence-corrected chi connectivity index (χ3v) is 4.13.